The summed E-state index contributed by atoms with van der Waals surface area (Å²) in [5.41, 5.74) is 5.17. The molecule has 1 aromatic carbocycles. The third-order valence-corrected chi connectivity index (χ3v) is 4.19. The molecule has 1 fully saturated rings. The molecule has 0 aliphatic heterocycles. The first-order valence-electron chi connectivity index (χ1n) is 7.50. The summed E-state index contributed by atoms with van der Waals surface area (Å²) in [4.78, 5) is 0. The fourth-order valence-corrected chi connectivity index (χ4v) is 2.93. The summed E-state index contributed by atoms with van der Waals surface area (Å²) in [7, 11) is 0. The first-order valence-corrected chi connectivity index (χ1v) is 7.50. The lowest BCUT2D eigenvalue weighted by Crippen LogP contribution is -2.26. The van der Waals surface area contributed by atoms with Crippen molar-refractivity contribution in [1.29, 1.82) is 0 Å². The van der Waals surface area contributed by atoms with Gasteiger partial charge in [-0.1, -0.05) is 25.8 Å². The first kappa shape index (κ1) is 16.1. The molecule has 1 aliphatic carbocycles. The van der Waals surface area contributed by atoms with Gasteiger partial charge in [-0.25, -0.2) is 0 Å². The van der Waals surface area contributed by atoms with Crippen LogP contribution in [-0.4, -0.2) is 6.10 Å². The SMILES string of the molecule is CCC1CCCC(Oc2ccc(CN)cc2C(F)(F)F)C1. The number of nitrogens with two attached hydrogens (primary N) is 1. The van der Waals surface area contributed by atoms with Crippen LogP contribution in [0, 0.1) is 5.92 Å². The van der Waals surface area contributed by atoms with E-state index in [0.29, 0.717) is 11.5 Å². The van der Waals surface area contributed by atoms with Crippen LogP contribution in [0.1, 0.15) is 50.2 Å². The van der Waals surface area contributed by atoms with E-state index in [1.165, 1.54) is 6.07 Å². The van der Waals surface area contributed by atoms with Gasteiger partial charge in [-0.05, 0) is 42.9 Å². The van der Waals surface area contributed by atoms with Crippen molar-refractivity contribution in [3.63, 3.8) is 0 Å². The minimum Gasteiger partial charge on any atom is -0.490 e. The maximum Gasteiger partial charge on any atom is 0.419 e. The Hall–Kier alpha value is -1.23. The van der Waals surface area contributed by atoms with E-state index in [2.05, 4.69) is 6.92 Å². The fourth-order valence-electron chi connectivity index (χ4n) is 2.93. The maximum atomic E-state index is 13.1. The van der Waals surface area contributed by atoms with E-state index in [4.69, 9.17) is 10.5 Å². The van der Waals surface area contributed by atoms with Gasteiger partial charge in [0.15, 0.2) is 0 Å². The summed E-state index contributed by atoms with van der Waals surface area (Å²) in [5, 5.41) is 0. The van der Waals surface area contributed by atoms with E-state index in [-0.39, 0.29) is 18.4 Å². The van der Waals surface area contributed by atoms with Crippen molar-refractivity contribution in [2.75, 3.05) is 0 Å². The number of benzene rings is 1. The molecule has 0 amide bonds. The highest BCUT2D eigenvalue weighted by molar-refractivity contribution is 5.39. The number of alkyl halides is 3. The van der Waals surface area contributed by atoms with Crippen LogP contribution in [0.5, 0.6) is 5.75 Å². The summed E-state index contributed by atoms with van der Waals surface area (Å²) in [5.74, 6) is 0.489. The van der Waals surface area contributed by atoms with Crippen molar-refractivity contribution < 1.29 is 17.9 Å². The highest BCUT2D eigenvalue weighted by Crippen LogP contribution is 2.39. The molecule has 0 bridgehead atoms. The normalized spacial score (nSPS) is 23.1. The predicted octanol–water partition coefficient (Wildman–Crippen LogP) is 4.51. The maximum absolute atomic E-state index is 13.1. The quantitative estimate of drug-likeness (QED) is 0.888. The van der Waals surface area contributed by atoms with Crippen molar-refractivity contribution in [2.45, 2.75) is 57.9 Å². The average molecular weight is 301 g/mol. The van der Waals surface area contributed by atoms with Crippen LogP contribution in [0.25, 0.3) is 0 Å². The highest BCUT2D eigenvalue weighted by atomic mass is 19.4. The number of rotatable bonds is 4. The second-order valence-electron chi connectivity index (χ2n) is 5.71. The van der Waals surface area contributed by atoms with Crippen LogP contribution in [0.2, 0.25) is 0 Å². The van der Waals surface area contributed by atoms with Crippen molar-refractivity contribution >= 4 is 0 Å². The Kier molecular flexibility index (Phi) is 5.14. The van der Waals surface area contributed by atoms with E-state index < -0.39 is 11.7 Å². The molecule has 0 spiro atoms. The number of hydrogen-bond acceptors (Lipinski definition) is 2. The zero-order chi connectivity index (χ0) is 15.5. The zero-order valence-corrected chi connectivity index (χ0v) is 12.2. The lowest BCUT2D eigenvalue weighted by Gasteiger charge is -2.30. The monoisotopic (exact) mass is 301 g/mol. The Morgan fingerprint density at radius 1 is 1.29 bits per heavy atom. The molecule has 2 rings (SSSR count). The Morgan fingerprint density at radius 3 is 2.67 bits per heavy atom. The van der Waals surface area contributed by atoms with E-state index in [9.17, 15) is 13.2 Å². The Bertz CT molecular complexity index is 473. The van der Waals surface area contributed by atoms with E-state index >= 15 is 0 Å². The van der Waals surface area contributed by atoms with E-state index in [0.717, 1.165) is 38.2 Å². The molecule has 0 radical (unpaired) electrons. The van der Waals surface area contributed by atoms with Gasteiger partial charge in [0.1, 0.15) is 5.75 Å². The van der Waals surface area contributed by atoms with E-state index in [1.54, 1.807) is 6.07 Å². The molecular weight excluding hydrogens is 279 g/mol. The lowest BCUT2D eigenvalue weighted by atomic mass is 9.85. The predicted molar refractivity (Wildman–Crippen MR) is 76.0 cm³/mol. The second-order valence-corrected chi connectivity index (χ2v) is 5.71. The van der Waals surface area contributed by atoms with Crippen LogP contribution in [0.4, 0.5) is 13.2 Å². The van der Waals surface area contributed by atoms with Crippen LogP contribution in [-0.2, 0) is 12.7 Å². The molecule has 2 N–H and O–H groups in total. The van der Waals surface area contributed by atoms with Crippen molar-refractivity contribution in [3.8, 4) is 5.75 Å². The van der Waals surface area contributed by atoms with Crippen molar-refractivity contribution in [3.05, 3.63) is 29.3 Å². The average Bonchev–Trinajstić information content (AvgIpc) is 2.46. The van der Waals surface area contributed by atoms with Gasteiger partial charge in [-0.15, -0.1) is 0 Å². The Labute approximate surface area is 123 Å². The Morgan fingerprint density at radius 2 is 2.05 bits per heavy atom. The molecule has 1 aromatic rings. The standard InChI is InChI=1S/C16H22F3NO/c1-2-11-4-3-5-13(8-11)21-15-7-6-12(10-20)9-14(15)16(17,18)19/h6-7,9,11,13H,2-5,8,10,20H2,1H3. The minimum atomic E-state index is -4.42. The molecule has 0 aromatic heterocycles. The summed E-state index contributed by atoms with van der Waals surface area (Å²) in [6.07, 6.45) is 0.351. The van der Waals surface area contributed by atoms with Gasteiger partial charge in [0, 0.05) is 6.54 Å². The molecule has 5 heteroatoms. The third-order valence-electron chi connectivity index (χ3n) is 4.19. The topological polar surface area (TPSA) is 35.2 Å². The summed E-state index contributed by atoms with van der Waals surface area (Å²) in [6.45, 7) is 2.20. The van der Waals surface area contributed by atoms with Crippen molar-refractivity contribution in [2.24, 2.45) is 11.7 Å². The van der Waals surface area contributed by atoms with Crippen LogP contribution in [0.3, 0.4) is 0 Å². The molecular formula is C16H22F3NO. The molecule has 2 atom stereocenters. The molecule has 2 unspecified atom stereocenters. The zero-order valence-electron chi connectivity index (χ0n) is 12.2. The van der Waals surface area contributed by atoms with E-state index in [1.807, 2.05) is 0 Å². The smallest absolute Gasteiger partial charge is 0.419 e. The summed E-state index contributed by atoms with van der Waals surface area (Å²) >= 11 is 0. The summed E-state index contributed by atoms with van der Waals surface area (Å²) < 4.78 is 45.1. The highest BCUT2D eigenvalue weighted by Gasteiger charge is 2.35. The van der Waals surface area contributed by atoms with Gasteiger partial charge >= 0.3 is 6.18 Å². The summed E-state index contributed by atoms with van der Waals surface area (Å²) in [6, 6.07) is 4.10. The number of hydrogen-bond donors (Lipinski definition) is 1. The minimum absolute atomic E-state index is 0.0681. The largest absolute Gasteiger partial charge is 0.490 e. The third kappa shape index (κ3) is 4.13. The fraction of sp³-hybridized carbons (Fsp3) is 0.625. The van der Waals surface area contributed by atoms with Gasteiger partial charge in [-0.2, -0.15) is 13.2 Å². The van der Waals surface area contributed by atoms with Gasteiger partial charge in [0.25, 0.3) is 0 Å². The van der Waals surface area contributed by atoms with Gasteiger partial charge < -0.3 is 10.5 Å². The molecule has 118 valence electrons. The van der Waals surface area contributed by atoms with Crippen LogP contribution >= 0.6 is 0 Å². The van der Waals surface area contributed by atoms with Crippen molar-refractivity contribution in [1.82, 2.24) is 0 Å². The molecule has 1 aliphatic rings. The van der Waals surface area contributed by atoms with Gasteiger partial charge in [0.05, 0.1) is 11.7 Å². The van der Waals surface area contributed by atoms with Crippen LogP contribution < -0.4 is 10.5 Å². The van der Waals surface area contributed by atoms with Gasteiger partial charge in [0.2, 0.25) is 0 Å². The Balaban J connectivity index is 2.19. The number of halogens is 3. The molecule has 0 heterocycles. The molecule has 1 saturated carbocycles. The molecule has 21 heavy (non-hydrogen) atoms. The van der Waals surface area contributed by atoms with Gasteiger partial charge in [-0.3, -0.25) is 0 Å². The number of ether oxygens (including phenoxy) is 1. The first-order chi connectivity index (χ1) is 9.94. The molecule has 2 nitrogen and oxygen atoms in total. The second kappa shape index (κ2) is 6.69. The lowest BCUT2D eigenvalue weighted by molar-refractivity contribution is -0.139. The molecule has 0 saturated heterocycles. The van der Waals surface area contributed by atoms with Crippen LogP contribution in [0.15, 0.2) is 18.2 Å².